The molecule has 1 saturated heterocycles. The maximum absolute atomic E-state index is 13.5. The molecule has 1 aliphatic heterocycles. The summed E-state index contributed by atoms with van der Waals surface area (Å²) in [5.41, 5.74) is 0.513. The van der Waals surface area contributed by atoms with Crippen LogP contribution < -0.4 is 5.32 Å². The number of carboxylic acid groups (broad SMARTS) is 1. The Balaban J connectivity index is 2.23. The highest BCUT2D eigenvalue weighted by atomic mass is 19.2. The third-order valence-electron chi connectivity index (χ3n) is 4.11. The van der Waals surface area contributed by atoms with Gasteiger partial charge in [0, 0.05) is 26.1 Å². The molecule has 1 aliphatic rings. The number of halogens is 2. The fraction of sp³-hybridized carbons (Fsp3) is 0.533. The van der Waals surface area contributed by atoms with E-state index in [9.17, 15) is 18.7 Å². The van der Waals surface area contributed by atoms with Crippen LogP contribution in [-0.4, -0.2) is 66.7 Å². The lowest BCUT2D eigenvalue weighted by Gasteiger charge is -2.25. The van der Waals surface area contributed by atoms with Crippen molar-refractivity contribution >= 4 is 6.09 Å². The Labute approximate surface area is 132 Å². The van der Waals surface area contributed by atoms with Crippen molar-refractivity contribution < 1.29 is 28.5 Å². The number of amides is 1. The van der Waals surface area contributed by atoms with Gasteiger partial charge in [-0.1, -0.05) is 6.07 Å². The lowest BCUT2D eigenvalue weighted by molar-refractivity contribution is 0.0640. The van der Waals surface area contributed by atoms with Crippen molar-refractivity contribution in [1.82, 2.24) is 10.2 Å². The Bertz CT molecular complexity index is 558. The zero-order valence-electron chi connectivity index (χ0n) is 12.7. The molecule has 0 saturated carbocycles. The van der Waals surface area contributed by atoms with E-state index in [0.29, 0.717) is 25.3 Å². The highest BCUT2D eigenvalue weighted by molar-refractivity contribution is 5.65. The van der Waals surface area contributed by atoms with Crippen LogP contribution in [0.2, 0.25) is 0 Å². The molecule has 0 radical (unpaired) electrons. The molecule has 1 fully saturated rings. The first-order valence-electron chi connectivity index (χ1n) is 7.24. The number of benzene rings is 1. The van der Waals surface area contributed by atoms with Gasteiger partial charge >= 0.3 is 6.09 Å². The molecule has 8 heteroatoms. The third-order valence-corrected chi connectivity index (χ3v) is 4.11. The number of nitrogens with zero attached hydrogens (tertiary/aromatic N) is 1. The molecule has 0 aliphatic carbocycles. The van der Waals surface area contributed by atoms with Crippen LogP contribution in [0.15, 0.2) is 18.2 Å². The lowest BCUT2D eigenvalue weighted by Crippen LogP contribution is -2.43. The molecule has 3 atom stereocenters. The zero-order chi connectivity index (χ0) is 17.0. The lowest BCUT2D eigenvalue weighted by atomic mass is 9.94. The second kappa shape index (κ2) is 7.67. The minimum absolute atomic E-state index is 0.141. The summed E-state index contributed by atoms with van der Waals surface area (Å²) in [6.07, 6.45) is -1.18. The molecule has 1 heterocycles. The SMILES string of the molecule is COCC(CO)N1C[C@@H](NC(=O)O)[C@H](c2ccc(F)c(F)c2)C1. The Kier molecular flexibility index (Phi) is 5.86. The molecule has 0 aromatic heterocycles. The van der Waals surface area contributed by atoms with Gasteiger partial charge in [-0.2, -0.15) is 0 Å². The van der Waals surface area contributed by atoms with Crippen LogP contribution >= 0.6 is 0 Å². The van der Waals surface area contributed by atoms with Gasteiger partial charge < -0.3 is 20.3 Å². The molecule has 1 aromatic carbocycles. The number of nitrogens with one attached hydrogen (secondary N) is 1. The van der Waals surface area contributed by atoms with Gasteiger partial charge in [-0.15, -0.1) is 0 Å². The van der Waals surface area contributed by atoms with Gasteiger partial charge in [0.2, 0.25) is 0 Å². The van der Waals surface area contributed by atoms with E-state index in [4.69, 9.17) is 9.84 Å². The average molecular weight is 330 g/mol. The van der Waals surface area contributed by atoms with Crippen molar-refractivity contribution in [3.63, 3.8) is 0 Å². The molecule has 1 aromatic rings. The third kappa shape index (κ3) is 4.15. The highest BCUT2D eigenvalue weighted by Gasteiger charge is 2.38. The Hall–Kier alpha value is -1.77. The number of aliphatic hydroxyl groups excluding tert-OH is 1. The van der Waals surface area contributed by atoms with E-state index in [1.807, 2.05) is 4.90 Å². The number of hydrogen-bond acceptors (Lipinski definition) is 4. The predicted molar refractivity (Wildman–Crippen MR) is 78.4 cm³/mol. The maximum atomic E-state index is 13.5. The van der Waals surface area contributed by atoms with E-state index in [2.05, 4.69) is 5.32 Å². The van der Waals surface area contributed by atoms with E-state index in [1.54, 1.807) is 0 Å². The number of rotatable bonds is 6. The van der Waals surface area contributed by atoms with E-state index in [0.717, 1.165) is 12.1 Å². The summed E-state index contributed by atoms with van der Waals surface area (Å²) in [5, 5.41) is 20.9. The molecule has 2 rings (SSSR count). The molecule has 1 amide bonds. The standard InChI is InChI=1S/C15H20F2N2O4/c1-23-8-10(7-20)19-5-11(14(6-19)18-15(21)22)9-2-3-12(16)13(17)4-9/h2-4,10-11,14,18,20H,5-8H2,1H3,(H,21,22)/t10?,11-,14+/m0/s1. The molecule has 0 bridgehead atoms. The fourth-order valence-electron chi connectivity index (χ4n) is 2.98. The van der Waals surface area contributed by atoms with E-state index in [-0.39, 0.29) is 18.6 Å². The van der Waals surface area contributed by atoms with Crippen LogP contribution in [-0.2, 0) is 4.74 Å². The van der Waals surface area contributed by atoms with Crippen LogP contribution in [0.3, 0.4) is 0 Å². The molecule has 0 spiro atoms. The number of hydrogen-bond donors (Lipinski definition) is 3. The van der Waals surface area contributed by atoms with Crippen LogP contribution in [0.4, 0.5) is 13.6 Å². The van der Waals surface area contributed by atoms with Crippen molar-refractivity contribution in [2.45, 2.75) is 18.0 Å². The quantitative estimate of drug-likeness (QED) is 0.725. The first-order valence-corrected chi connectivity index (χ1v) is 7.24. The zero-order valence-corrected chi connectivity index (χ0v) is 12.7. The summed E-state index contributed by atoms with van der Waals surface area (Å²) < 4.78 is 31.6. The van der Waals surface area contributed by atoms with Crippen LogP contribution in [0.5, 0.6) is 0 Å². The summed E-state index contributed by atoms with van der Waals surface area (Å²) in [7, 11) is 1.51. The predicted octanol–water partition coefficient (Wildman–Crippen LogP) is 1.01. The minimum atomic E-state index is -1.18. The largest absolute Gasteiger partial charge is 0.465 e. The first kappa shape index (κ1) is 17.6. The molecular weight excluding hydrogens is 310 g/mol. The van der Waals surface area contributed by atoms with Gasteiger partial charge in [-0.25, -0.2) is 13.6 Å². The second-order valence-corrected chi connectivity index (χ2v) is 5.58. The number of likely N-dealkylation sites (tertiary alicyclic amines) is 1. The Morgan fingerprint density at radius 1 is 1.43 bits per heavy atom. The molecule has 128 valence electrons. The van der Waals surface area contributed by atoms with Crippen molar-refractivity contribution in [3.05, 3.63) is 35.4 Å². The van der Waals surface area contributed by atoms with E-state index < -0.39 is 23.8 Å². The van der Waals surface area contributed by atoms with Crippen molar-refractivity contribution in [2.75, 3.05) is 33.4 Å². The molecule has 3 N–H and O–H groups in total. The normalized spacial score (nSPS) is 23.0. The van der Waals surface area contributed by atoms with Gasteiger partial charge in [0.25, 0.3) is 0 Å². The first-order chi connectivity index (χ1) is 11.0. The number of ether oxygens (including phenoxy) is 1. The Morgan fingerprint density at radius 3 is 2.74 bits per heavy atom. The van der Waals surface area contributed by atoms with Crippen molar-refractivity contribution in [1.29, 1.82) is 0 Å². The number of methoxy groups -OCH3 is 1. The van der Waals surface area contributed by atoms with Gasteiger partial charge in [-0.3, -0.25) is 4.90 Å². The monoisotopic (exact) mass is 330 g/mol. The van der Waals surface area contributed by atoms with Gasteiger partial charge in [0.05, 0.1) is 25.3 Å². The van der Waals surface area contributed by atoms with Gasteiger partial charge in [0.1, 0.15) is 0 Å². The topological polar surface area (TPSA) is 82.0 Å². The summed E-state index contributed by atoms with van der Waals surface area (Å²) in [4.78, 5) is 12.9. The van der Waals surface area contributed by atoms with Crippen LogP contribution in [0.25, 0.3) is 0 Å². The smallest absolute Gasteiger partial charge is 0.404 e. The second-order valence-electron chi connectivity index (χ2n) is 5.58. The minimum Gasteiger partial charge on any atom is -0.465 e. The molecule has 6 nitrogen and oxygen atoms in total. The molecular formula is C15H20F2N2O4. The highest BCUT2D eigenvalue weighted by Crippen LogP contribution is 2.30. The van der Waals surface area contributed by atoms with Crippen molar-refractivity contribution in [2.24, 2.45) is 0 Å². The summed E-state index contributed by atoms with van der Waals surface area (Å²) in [6.45, 7) is 0.911. The number of aliphatic hydroxyl groups is 1. The summed E-state index contributed by atoms with van der Waals surface area (Å²) in [6, 6.07) is 2.80. The molecule has 1 unspecified atom stereocenters. The van der Waals surface area contributed by atoms with Crippen LogP contribution in [0.1, 0.15) is 11.5 Å². The van der Waals surface area contributed by atoms with Gasteiger partial charge in [-0.05, 0) is 17.7 Å². The van der Waals surface area contributed by atoms with Crippen molar-refractivity contribution in [3.8, 4) is 0 Å². The molecule has 23 heavy (non-hydrogen) atoms. The summed E-state index contributed by atoms with van der Waals surface area (Å²) >= 11 is 0. The summed E-state index contributed by atoms with van der Waals surface area (Å²) in [5.74, 6) is -2.25. The van der Waals surface area contributed by atoms with Gasteiger partial charge in [0.15, 0.2) is 11.6 Å². The number of carbonyl (C=O) groups is 1. The van der Waals surface area contributed by atoms with E-state index in [1.165, 1.54) is 13.2 Å². The average Bonchev–Trinajstić information content (AvgIpc) is 2.90. The maximum Gasteiger partial charge on any atom is 0.404 e. The van der Waals surface area contributed by atoms with E-state index >= 15 is 0 Å². The van der Waals surface area contributed by atoms with Crippen LogP contribution in [0, 0.1) is 11.6 Å². The Morgan fingerprint density at radius 2 is 2.17 bits per heavy atom. The fourth-order valence-corrected chi connectivity index (χ4v) is 2.98.